The third-order valence-corrected chi connectivity index (χ3v) is 4.25. The summed E-state index contributed by atoms with van der Waals surface area (Å²) in [6, 6.07) is 4.33. The highest BCUT2D eigenvalue weighted by Gasteiger charge is 2.34. The maximum absolute atomic E-state index is 13.4. The Balaban J connectivity index is 1.90. The molecular formula is C17H17FN4O4. The Morgan fingerprint density at radius 2 is 2.19 bits per heavy atom. The SMILES string of the molecule is COC(=O)C(NC(=O)C1CC(=O)Nc2cc(F)ccc21)c1ccnn1C. The summed E-state index contributed by atoms with van der Waals surface area (Å²) < 4.78 is 19.6. The molecule has 0 radical (unpaired) electrons. The van der Waals surface area contributed by atoms with Gasteiger partial charge in [0.05, 0.1) is 18.7 Å². The number of methoxy groups -OCH3 is 1. The lowest BCUT2D eigenvalue weighted by Crippen LogP contribution is -2.40. The van der Waals surface area contributed by atoms with Crippen molar-refractivity contribution < 1.29 is 23.5 Å². The third kappa shape index (κ3) is 3.28. The number of carbonyl (C=O) groups excluding carboxylic acids is 3. The van der Waals surface area contributed by atoms with E-state index in [4.69, 9.17) is 4.74 Å². The van der Waals surface area contributed by atoms with Gasteiger partial charge in [-0.15, -0.1) is 0 Å². The topological polar surface area (TPSA) is 102 Å². The lowest BCUT2D eigenvalue weighted by molar-refractivity contribution is -0.145. The number of halogens is 1. The molecule has 2 N–H and O–H groups in total. The maximum atomic E-state index is 13.4. The van der Waals surface area contributed by atoms with Crippen molar-refractivity contribution in [3.8, 4) is 0 Å². The van der Waals surface area contributed by atoms with E-state index in [1.165, 1.54) is 30.1 Å². The van der Waals surface area contributed by atoms with Crippen molar-refractivity contribution in [2.24, 2.45) is 7.05 Å². The van der Waals surface area contributed by atoms with Crippen LogP contribution in [-0.2, 0) is 26.2 Å². The number of benzene rings is 1. The number of aromatic nitrogens is 2. The highest BCUT2D eigenvalue weighted by atomic mass is 19.1. The quantitative estimate of drug-likeness (QED) is 0.793. The number of carbonyl (C=O) groups is 3. The molecule has 3 rings (SSSR count). The number of anilines is 1. The molecule has 0 saturated carbocycles. The van der Waals surface area contributed by atoms with E-state index in [1.807, 2.05) is 0 Å². The van der Waals surface area contributed by atoms with Crippen molar-refractivity contribution in [2.45, 2.75) is 18.4 Å². The fraction of sp³-hybridized carbons (Fsp3) is 0.294. The number of nitrogens with one attached hydrogen (secondary N) is 2. The molecule has 0 saturated heterocycles. The number of esters is 1. The summed E-state index contributed by atoms with van der Waals surface area (Å²) in [5.74, 6) is -2.98. The molecular weight excluding hydrogens is 343 g/mol. The van der Waals surface area contributed by atoms with Crippen molar-refractivity contribution in [3.05, 3.63) is 47.5 Å². The molecule has 1 aromatic carbocycles. The number of ether oxygens (including phenoxy) is 1. The Hall–Kier alpha value is -3.23. The summed E-state index contributed by atoms with van der Waals surface area (Å²) >= 11 is 0. The van der Waals surface area contributed by atoms with Crippen LogP contribution in [0.25, 0.3) is 0 Å². The molecule has 8 nitrogen and oxygen atoms in total. The summed E-state index contributed by atoms with van der Waals surface area (Å²) in [7, 11) is 2.84. The molecule has 26 heavy (non-hydrogen) atoms. The number of aryl methyl sites for hydroxylation is 1. The fourth-order valence-electron chi connectivity index (χ4n) is 2.95. The summed E-state index contributed by atoms with van der Waals surface area (Å²) in [6.45, 7) is 0. The van der Waals surface area contributed by atoms with Gasteiger partial charge in [0.1, 0.15) is 5.82 Å². The molecule has 1 aliphatic rings. The van der Waals surface area contributed by atoms with E-state index in [0.29, 0.717) is 11.3 Å². The Kier molecular flexibility index (Phi) is 4.70. The van der Waals surface area contributed by atoms with E-state index in [0.717, 1.165) is 6.07 Å². The molecule has 0 bridgehead atoms. The van der Waals surface area contributed by atoms with Crippen LogP contribution in [0.2, 0.25) is 0 Å². The van der Waals surface area contributed by atoms with Crippen LogP contribution >= 0.6 is 0 Å². The van der Waals surface area contributed by atoms with Crippen LogP contribution < -0.4 is 10.6 Å². The summed E-state index contributed by atoms with van der Waals surface area (Å²) in [4.78, 5) is 36.8. The van der Waals surface area contributed by atoms with E-state index >= 15 is 0 Å². The molecule has 0 spiro atoms. The molecule has 136 valence electrons. The largest absolute Gasteiger partial charge is 0.467 e. The predicted molar refractivity (Wildman–Crippen MR) is 88.5 cm³/mol. The fourth-order valence-corrected chi connectivity index (χ4v) is 2.95. The monoisotopic (exact) mass is 360 g/mol. The molecule has 1 aliphatic heterocycles. The highest BCUT2D eigenvalue weighted by Crippen LogP contribution is 2.33. The first-order chi connectivity index (χ1) is 12.4. The van der Waals surface area contributed by atoms with Gasteiger partial charge in [0, 0.05) is 25.4 Å². The lowest BCUT2D eigenvalue weighted by atomic mass is 9.89. The second-order valence-electron chi connectivity index (χ2n) is 5.88. The van der Waals surface area contributed by atoms with Gasteiger partial charge in [-0.05, 0) is 23.8 Å². The molecule has 1 aromatic heterocycles. The molecule has 0 aliphatic carbocycles. The predicted octanol–water partition coefficient (Wildman–Crippen LogP) is 1.02. The van der Waals surface area contributed by atoms with E-state index < -0.39 is 35.6 Å². The third-order valence-electron chi connectivity index (χ3n) is 4.25. The van der Waals surface area contributed by atoms with Crippen LogP contribution in [0.4, 0.5) is 10.1 Å². The van der Waals surface area contributed by atoms with Crippen LogP contribution in [0, 0.1) is 5.82 Å². The standard InChI is InChI=1S/C17H17FN4O4/c1-22-13(5-6-19-22)15(17(25)26-2)21-16(24)11-8-14(23)20-12-7-9(18)3-4-10(11)12/h3-7,11,15H,8H2,1-2H3,(H,20,23)(H,21,24). The zero-order valence-corrected chi connectivity index (χ0v) is 14.2. The van der Waals surface area contributed by atoms with Gasteiger partial charge in [-0.1, -0.05) is 6.07 Å². The molecule has 0 fully saturated rings. The van der Waals surface area contributed by atoms with Gasteiger partial charge in [0.2, 0.25) is 11.8 Å². The molecule has 2 amide bonds. The van der Waals surface area contributed by atoms with Crippen LogP contribution in [0.15, 0.2) is 30.5 Å². The van der Waals surface area contributed by atoms with Crippen LogP contribution in [-0.4, -0.2) is 34.7 Å². The smallest absolute Gasteiger partial charge is 0.334 e. The second kappa shape index (κ2) is 6.95. The summed E-state index contributed by atoms with van der Waals surface area (Å²) in [5.41, 5.74) is 1.17. The highest BCUT2D eigenvalue weighted by molar-refractivity contribution is 6.01. The number of nitrogens with zero attached hydrogens (tertiary/aromatic N) is 2. The van der Waals surface area contributed by atoms with Crippen molar-refractivity contribution in [1.29, 1.82) is 0 Å². The van der Waals surface area contributed by atoms with Gasteiger partial charge in [0.15, 0.2) is 6.04 Å². The first kappa shape index (κ1) is 17.6. The Morgan fingerprint density at radius 1 is 1.42 bits per heavy atom. The molecule has 2 unspecified atom stereocenters. The Labute approximate surface area is 148 Å². The van der Waals surface area contributed by atoms with Gasteiger partial charge in [-0.25, -0.2) is 9.18 Å². The minimum absolute atomic E-state index is 0.107. The van der Waals surface area contributed by atoms with Gasteiger partial charge in [0.25, 0.3) is 0 Å². The van der Waals surface area contributed by atoms with Gasteiger partial charge in [-0.2, -0.15) is 5.10 Å². The van der Waals surface area contributed by atoms with Crippen molar-refractivity contribution in [2.75, 3.05) is 12.4 Å². The summed E-state index contributed by atoms with van der Waals surface area (Å²) in [5, 5.41) is 9.14. The van der Waals surface area contributed by atoms with Crippen LogP contribution in [0.3, 0.4) is 0 Å². The maximum Gasteiger partial charge on any atom is 0.334 e. The molecule has 9 heteroatoms. The van der Waals surface area contributed by atoms with Crippen molar-refractivity contribution in [1.82, 2.24) is 15.1 Å². The summed E-state index contributed by atoms with van der Waals surface area (Å²) in [6.07, 6.45) is 1.38. The molecule has 2 heterocycles. The minimum Gasteiger partial charge on any atom is -0.467 e. The van der Waals surface area contributed by atoms with Gasteiger partial charge in [-0.3, -0.25) is 14.3 Å². The van der Waals surface area contributed by atoms with Crippen molar-refractivity contribution >= 4 is 23.5 Å². The lowest BCUT2D eigenvalue weighted by Gasteiger charge is -2.26. The molecule has 2 atom stereocenters. The van der Waals surface area contributed by atoms with Crippen LogP contribution in [0.5, 0.6) is 0 Å². The first-order valence-electron chi connectivity index (χ1n) is 7.86. The van der Waals surface area contributed by atoms with Gasteiger partial charge < -0.3 is 15.4 Å². The number of rotatable bonds is 4. The average Bonchev–Trinajstić information content (AvgIpc) is 3.03. The van der Waals surface area contributed by atoms with Crippen LogP contribution in [0.1, 0.15) is 29.6 Å². The minimum atomic E-state index is -1.08. The van der Waals surface area contributed by atoms with E-state index in [1.54, 1.807) is 13.1 Å². The normalized spacial score (nSPS) is 17.0. The number of hydrogen-bond acceptors (Lipinski definition) is 5. The van der Waals surface area contributed by atoms with E-state index in [-0.39, 0.29) is 12.1 Å². The zero-order chi connectivity index (χ0) is 18.8. The van der Waals surface area contributed by atoms with Gasteiger partial charge >= 0.3 is 5.97 Å². The second-order valence-corrected chi connectivity index (χ2v) is 5.88. The van der Waals surface area contributed by atoms with E-state index in [2.05, 4.69) is 15.7 Å². The first-order valence-corrected chi connectivity index (χ1v) is 7.86. The zero-order valence-electron chi connectivity index (χ0n) is 14.2. The van der Waals surface area contributed by atoms with E-state index in [9.17, 15) is 18.8 Å². The molecule has 2 aromatic rings. The number of amides is 2. The van der Waals surface area contributed by atoms with Crippen molar-refractivity contribution in [3.63, 3.8) is 0 Å². The Bertz CT molecular complexity index is 879. The Morgan fingerprint density at radius 3 is 2.85 bits per heavy atom. The average molecular weight is 360 g/mol. The number of hydrogen-bond donors (Lipinski definition) is 2. The number of fused-ring (bicyclic) bond motifs is 1.